The molecule has 0 aliphatic heterocycles. The van der Waals surface area contributed by atoms with E-state index >= 15 is 0 Å². The van der Waals surface area contributed by atoms with Gasteiger partial charge in [0.25, 0.3) is 0 Å². The van der Waals surface area contributed by atoms with Crippen LogP contribution in [0.4, 0.5) is 0 Å². The predicted octanol–water partition coefficient (Wildman–Crippen LogP) is 3.88. The van der Waals surface area contributed by atoms with Gasteiger partial charge in [0.2, 0.25) is 11.8 Å². The molecule has 0 radical (unpaired) electrons. The van der Waals surface area contributed by atoms with E-state index in [1.54, 1.807) is 19.1 Å². The SMILES string of the molecule is CCNC(=O)[C@@H](CC)N(Cc1cccc(OC)c1)C(=O)CSCc1ccc(OC)cc1. The molecular weight excluding hydrogens is 412 g/mol. The Bertz CT molecular complexity index is 842. The van der Waals surface area contributed by atoms with Crippen molar-refractivity contribution in [1.29, 1.82) is 0 Å². The summed E-state index contributed by atoms with van der Waals surface area (Å²) in [5, 5.41) is 2.86. The molecular formula is C24H32N2O4S. The van der Waals surface area contributed by atoms with Gasteiger partial charge in [0, 0.05) is 18.8 Å². The molecule has 0 aliphatic rings. The molecule has 1 atom stereocenters. The van der Waals surface area contributed by atoms with Crippen molar-refractivity contribution in [3.05, 3.63) is 59.7 Å². The first-order valence-corrected chi connectivity index (χ1v) is 11.6. The first-order chi connectivity index (χ1) is 15.0. The van der Waals surface area contributed by atoms with E-state index in [0.29, 0.717) is 31.0 Å². The van der Waals surface area contributed by atoms with Gasteiger partial charge in [-0.2, -0.15) is 0 Å². The summed E-state index contributed by atoms with van der Waals surface area (Å²) in [6, 6.07) is 14.9. The summed E-state index contributed by atoms with van der Waals surface area (Å²) in [6.45, 7) is 4.69. The molecule has 6 nitrogen and oxygen atoms in total. The molecule has 0 saturated carbocycles. The van der Waals surface area contributed by atoms with Gasteiger partial charge in [0.05, 0.1) is 20.0 Å². The fourth-order valence-electron chi connectivity index (χ4n) is 3.24. The molecule has 1 N–H and O–H groups in total. The number of carbonyl (C=O) groups excluding carboxylic acids is 2. The number of methoxy groups -OCH3 is 2. The van der Waals surface area contributed by atoms with E-state index in [1.165, 1.54) is 11.8 Å². The van der Waals surface area contributed by atoms with Gasteiger partial charge >= 0.3 is 0 Å². The third kappa shape index (κ3) is 7.51. The van der Waals surface area contributed by atoms with Crippen molar-refractivity contribution in [2.24, 2.45) is 0 Å². The maximum atomic E-state index is 13.2. The van der Waals surface area contributed by atoms with E-state index in [0.717, 1.165) is 22.6 Å². The van der Waals surface area contributed by atoms with Crippen molar-refractivity contribution in [2.45, 2.75) is 38.6 Å². The van der Waals surface area contributed by atoms with Crippen LogP contribution in [0, 0.1) is 0 Å². The van der Waals surface area contributed by atoms with Crippen molar-refractivity contribution in [1.82, 2.24) is 10.2 Å². The lowest BCUT2D eigenvalue weighted by Crippen LogP contribution is -2.49. The molecule has 31 heavy (non-hydrogen) atoms. The molecule has 2 aromatic rings. The summed E-state index contributed by atoms with van der Waals surface area (Å²) in [7, 11) is 3.25. The zero-order valence-corrected chi connectivity index (χ0v) is 19.5. The summed E-state index contributed by atoms with van der Waals surface area (Å²) >= 11 is 1.54. The zero-order valence-electron chi connectivity index (χ0n) is 18.7. The Balaban J connectivity index is 2.10. The Hall–Kier alpha value is -2.67. The zero-order chi connectivity index (χ0) is 22.6. The second-order valence-corrected chi connectivity index (χ2v) is 8.02. The molecule has 0 heterocycles. The molecule has 7 heteroatoms. The lowest BCUT2D eigenvalue weighted by molar-refractivity contribution is -0.139. The van der Waals surface area contributed by atoms with E-state index in [-0.39, 0.29) is 11.8 Å². The highest BCUT2D eigenvalue weighted by Crippen LogP contribution is 2.20. The maximum absolute atomic E-state index is 13.2. The summed E-state index contributed by atoms with van der Waals surface area (Å²) in [4.78, 5) is 27.5. The fraction of sp³-hybridized carbons (Fsp3) is 0.417. The van der Waals surface area contributed by atoms with Crippen molar-refractivity contribution in [3.8, 4) is 11.5 Å². The van der Waals surface area contributed by atoms with Crippen LogP contribution in [0.25, 0.3) is 0 Å². The van der Waals surface area contributed by atoms with Gasteiger partial charge in [-0.3, -0.25) is 9.59 Å². The molecule has 2 amide bonds. The topological polar surface area (TPSA) is 67.9 Å². The highest BCUT2D eigenvalue weighted by atomic mass is 32.2. The number of likely N-dealkylation sites (N-methyl/N-ethyl adjacent to an activating group) is 1. The van der Waals surface area contributed by atoms with Crippen LogP contribution >= 0.6 is 11.8 Å². The van der Waals surface area contributed by atoms with Crippen LogP contribution in [0.2, 0.25) is 0 Å². The minimum Gasteiger partial charge on any atom is -0.497 e. The molecule has 0 saturated heterocycles. The molecule has 2 aromatic carbocycles. The van der Waals surface area contributed by atoms with Gasteiger partial charge in [0.1, 0.15) is 17.5 Å². The van der Waals surface area contributed by atoms with Crippen LogP contribution in [0.3, 0.4) is 0 Å². The first kappa shape index (κ1) is 24.6. The van der Waals surface area contributed by atoms with Gasteiger partial charge in [-0.15, -0.1) is 11.8 Å². The number of nitrogens with zero attached hydrogens (tertiary/aromatic N) is 1. The van der Waals surface area contributed by atoms with Crippen LogP contribution in [-0.2, 0) is 21.9 Å². The van der Waals surface area contributed by atoms with Gasteiger partial charge in [-0.25, -0.2) is 0 Å². The number of hydrogen-bond donors (Lipinski definition) is 1. The maximum Gasteiger partial charge on any atom is 0.242 e. The number of amides is 2. The quantitative estimate of drug-likeness (QED) is 0.538. The number of nitrogens with one attached hydrogen (secondary N) is 1. The lowest BCUT2D eigenvalue weighted by Gasteiger charge is -2.30. The second kappa shape index (κ2) is 12.9. The minimum atomic E-state index is -0.514. The summed E-state index contributed by atoms with van der Waals surface area (Å²) in [5.74, 6) is 2.36. The highest BCUT2D eigenvalue weighted by molar-refractivity contribution is 7.99. The lowest BCUT2D eigenvalue weighted by atomic mass is 10.1. The van der Waals surface area contributed by atoms with Crippen LogP contribution in [0.15, 0.2) is 48.5 Å². The molecule has 0 fully saturated rings. The number of benzene rings is 2. The number of rotatable bonds is 12. The van der Waals surface area contributed by atoms with E-state index in [9.17, 15) is 9.59 Å². The average molecular weight is 445 g/mol. The third-order valence-corrected chi connectivity index (χ3v) is 5.87. The van der Waals surface area contributed by atoms with Crippen LogP contribution in [-0.4, -0.2) is 49.3 Å². The van der Waals surface area contributed by atoms with Gasteiger partial charge in [0.15, 0.2) is 0 Å². The Morgan fingerprint density at radius 3 is 2.32 bits per heavy atom. The Labute approximate surface area is 189 Å². The third-order valence-electron chi connectivity index (χ3n) is 4.88. The standard InChI is InChI=1S/C24H32N2O4S/c1-5-22(24(28)25-6-2)26(15-19-8-7-9-21(14-19)30-4)23(27)17-31-16-18-10-12-20(29-3)13-11-18/h7-14,22H,5-6,15-17H2,1-4H3,(H,25,28)/t22-/m1/s1. The fourth-order valence-corrected chi connectivity index (χ4v) is 4.11. The van der Waals surface area contributed by atoms with E-state index < -0.39 is 6.04 Å². The van der Waals surface area contributed by atoms with Crippen molar-refractivity contribution in [2.75, 3.05) is 26.5 Å². The van der Waals surface area contributed by atoms with Gasteiger partial charge in [-0.1, -0.05) is 31.2 Å². The van der Waals surface area contributed by atoms with Crippen LogP contribution < -0.4 is 14.8 Å². The van der Waals surface area contributed by atoms with Crippen LogP contribution in [0.5, 0.6) is 11.5 Å². The highest BCUT2D eigenvalue weighted by Gasteiger charge is 2.28. The average Bonchev–Trinajstić information content (AvgIpc) is 2.79. The molecule has 0 spiro atoms. The molecule has 0 bridgehead atoms. The normalized spacial score (nSPS) is 11.5. The predicted molar refractivity (Wildman–Crippen MR) is 125 cm³/mol. The van der Waals surface area contributed by atoms with Crippen molar-refractivity contribution in [3.63, 3.8) is 0 Å². The molecule has 0 aliphatic carbocycles. The second-order valence-electron chi connectivity index (χ2n) is 7.03. The Morgan fingerprint density at radius 2 is 1.71 bits per heavy atom. The van der Waals surface area contributed by atoms with E-state index in [1.807, 2.05) is 62.4 Å². The molecule has 0 aromatic heterocycles. The molecule has 168 valence electrons. The Morgan fingerprint density at radius 1 is 1.00 bits per heavy atom. The summed E-state index contributed by atoms with van der Waals surface area (Å²) in [5.41, 5.74) is 2.05. The number of carbonyl (C=O) groups is 2. The van der Waals surface area contributed by atoms with Crippen LogP contribution in [0.1, 0.15) is 31.4 Å². The first-order valence-electron chi connectivity index (χ1n) is 10.4. The molecule has 2 rings (SSSR count). The number of hydrogen-bond acceptors (Lipinski definition) is 5. The minimum absolute atomic E-state index is 0.0561. The van der Waals surface area contributed by atoms with E-state index in [4.69, 9.17) is 9.47 Å². The Kier molecular flexibility index (Phi) is 10.2. The van der Waals surface area contributed by atoms with Crippen molar-refractivity contribution < 1.29 is 19.1 Å². The van der Waals surface area contributed by atoms with Crippen molar-refractivity contribution >= 4 is 23.6 Å². The van der Waals surface area contributed by atoms with Gasteiger partial charge in [-0.05, 0) is 48.7 Å². The smallest absolute Gasteiger partial charge is 0.242 e. The van der Waals surface area contributed by atoms with E-state index in [2.05, 4.69) is 5.32 Å². The summed E-state index contributed by atoms with van der Waals surface area (Å²) < 4.78 is 10.5. The number of ether oxygens (including phenoxy) is 2. The molecule has 0 unspecified atom stereocenters. The summed E-state index contributed by atoms with van der Waals surface area (Å²) in [6.07, 6.45) is 0.546. The largest absolute Gasteiger partial charge is 0.497 e. The number of thioether (sulfide) groups is 1. The monoisotopic (exact) mass is 444 g/mol. The van der Waals surface area contributed by atoms with Gasteiger partial charge < -0.3 is 19.7 Å².